The Balaban J connectivity index is 2.39. The first-order valence-electron chi connectivity index (χ1n) is 6.63. The van der Waals surface area contributed by atoms with Gasteiger partial charge in [-0.2, -0.15) is 0 Å². The fourth-order valence-electron chi connectivity index (χ4n) is 2.08. The fraction of sp³-hybridized carbons (Fsp3) is 0.333. The minimum Gasteiger partial charge on any atom is -0.373 e. The van der Waals surface area contributed by atoms with E-state index >= 15 is 0 Å². The van der Waals surface area contributed by atoms with Crippen molar-refractivity contribution in [2.24, 2.45) is 0 Å². The molecule has 0 atom stereocenters. The molecule has 0 aliphatic carbocycles. The number of nitrogens with zero attached hydrogens (tertiary/aromatic N) is 2. The van der Waals surface area contributed by atoms with Gasteiger partial charge in [0, 0.05) is 29.7 Å². The summed E-state index contributed by atoms with van der Waals surface area (Å²) in [6.45, 7) is 6.22. The molecule has 5 heteroatoms. The van der Waals surface area contributed by atoms with Crippen LogP contribution in [-0.4, -0.2) is 17.0 Å². The summed E-state index contributed by atoms with van der Waals surface area (Å²) in [7, 11) is 1.86. The number of nitrogens with one attached hydrogen (secondary N) is 2. The summed E-state index contributed by atoms with van der Waals surface area (Å²) in [4.78, 5) is 8.93. The van der Waals surface area contributed by atoms with Crippen molar-refractivity contribution >= 4 is 33.3 Å². The molecule has 0 saturated carbocycles. The third-order valence-corrected chi connectivity index (χ3v) is 3.55. The number of hydrogen-bond acceptors (Lipinski definition) is 4. The number of halogens is 1. The maximum absolute atomic E-state index is 4.53. The molecule has 0 fully saturated rings. The van der Waals surface area contributed by atoms with Crippen molar-refractivity contribution in [3.63, 3.8) is 0 Å². The highest BCUT2D eigenvalue weighted by atomic mass is 79.9. The van der Waals surface area contributed by atoms with Crippen LogP contribution in [0.5, 0.6) is 0 Å². The molecule has 0 spiro atoms. The van der Waals surface area contributed by atoms with Crippen LogP contribution < -0.4 is 10.6 Å². The second-order valence-corrected chi connectivity index (χ2v) is 5.61. The molecule has 0 aliphatic rings. The second-order valence-electron chi connectivity index (χ2n) is 4.70. The van der Waals surface area contributed by atoms with Crippen LogP contribution in [0.2, 0.25) is 0 Å². The zero-order valence-corrected chi connectivity index (χ0v) is 13.8. The topological polar surface area (TPSA) is 49.8 Å². The standard InChI is InChI=1S/C15H19BrN4/c1-5-12-18-13(17-4)8-14(19-12)20-15-9(2)6-11(16)7-10(15)3/h6-8H,5H2,1-4H3,(H2,17,18,19,20). The average Bonchev–Trinajstić information content (AvgIpc) is 2.42. The van der Waals surface area contributed by atoms with E-state index < -0.39 is 0 Å². The maximum atomic E-state index is 4.53. The quantitative estimate of drug-likeness (QED) is 0.879. The lowest BCUT2D eigenvalue weighted by Gasteiger charge is -2.14. The van der Waals surface area contributed by atoms with Gasteiger partial charge in [0.25, 0.3) is 0 Å². The van der Waals surface area contributed by atoms with Gasteiger partial charge in [0.2, 0.25) is 0 Å². The highest BCUT2D eigenvalue weighted by Gasteiger charge is 2.08. The molecule has 0 amide bonds. The minimum absolute atomic E-state index is 0.808. The van der Waals surface area contributed by atoms with Crippen LogP contribution in [0.25, 0.3) is 0 Å². The first-order valence-corrected chi connectivity index (χ1v) is 7.42. The minimum atomic E-state index is 0.808. The molecular formula is C15H19BrN4. The van der Waals surface area contributed by atoms with Crippen LogP contribution >= 0.6 is 15.9 Å². The third kappa shape index (κ3) is 3.28. The van der Waals surface area contributed by atoms with Gasteiger partial charge in [-0.3, -0.25) is 0 Å². The zero-order chi connectivity index (χ0) is 14.7. The molecule has 2 aromatic rings. The molecule has 0 saturated heterocycles. The number of benzene rings is 1. The highest BCUT2D eigenvalue weighted by Crippen LogP contribution is 2.28. The lowest BCUT2D eigenvalue weighted by molar-refractivity contribution is 0.944. The van der Waals surface area contributed by atoms with Gasteiger partial charge >= 0.3 is 0 Å². The van der Waals surface area contributed by atoms with Crippen molar-refractivity contribution in [2.75, 3.05) is 17.7 Å². The Bertz CT molecular complexity index is 580. The van der Waals surface area contributed by atoms with E-state index in [-0.39, 0.29) is 0 Å². The lowest BCUT2D eigenvalue weighted by atomic mass is 10.1. The van der Waals surface area contributed by atoms with Crippen molar-refractivity contribution in [2.45, 2.75) is 27.2 Å². The van der Waals surface area contributed by atoms with E-state index in [2.05, 4.69) is 69.4 Å². The largest absolute Gasteiger partial charge is 0.373 e. The molecule has 106 valence electrons. The van der Waals surface area contributed by atoms with Crippen LogP contribution in [0.4, 0.5) is 17.3 Å². The van der Waals surface area contributed by atoms with E-state index in [1.807, 2.05) is 13.1 Å². The Morgan fingerprint density at radius 2 is 1.65 bits per heavy atom. The molecule has 2 N–H and O–H groups in total. The molecule has 1 heterocycles. The van der Waals surface area contributed by atoms with Crippen molar-refractivity contribution in [1.82, 2.24) is 9.97 Å². The first-order chi connectivity index (χ1) is 9.53. The van der Waals surface area contributed by atoms with Gasteiger partial charge in [-0.25, -0.2) is 9.97 Å². The predicted molar refractivity (Wildman–Crippen MR) is 87.9 cm³/mol. The first kappa shape index (κ1) is 14.8. The van der Waals surface area contributed by atoms with Crippen LogP contribution in [0, 0.1) is 13.8 Å². The van der Waals surface area contributed by atoms with Gasteiger partial charge in [-0.05, 0) is 37.1 Å². The van der Waals surface area contributed by atoms with Crippen molar-refractivity contribution in [3.8, 4) is 0 Å². The number of rotatable bonds is 4. The molecule has 1 aromatic heterocycles. The maximum Gasteiger partial charge on any atom is 0.136 e. The molecule has 0 bridgehead atoms. The summed E-state index contributed by atoms with van der Waals surface area (Å²) in [6, 6.07) is 6.10. The van der Waals surface area contributed by atoms with E-state index in [0.717, 1.165) is 34.0 Å². The van der Waals surface area contributed by atoms with Gasteiger partial charge < -0.3 is 10.6 Å². The van der Waals surface area contributed by atoms with E-state index in [9.17, 15) is 0 Å². The molecule has 1 aromatic carbocycles. The van der Waals surface area contributed by atoms with E-state index in [4.69, 9.17) is 0 Å². The Hall–Kier alpha value is -1.62. The van der Waals surface area contributed by atoms with E-state index in [1.165, 1.54) is 11.1 Å². The van der Waals surface area contributed by atoms with Gasteiger partial charge in [0.1, 0.15) is 17.5 Å². The Morgan fingerprint density at radius 1 is 1.05 bits per heavy atom. The van der Waals surface area contributed by atoms with Crippen molar-refractivity contribution in [3.05, 3.63) is 39.6 Å². The average molecular weight is 335 g/mol. The van der Waals surface area contributed by atoms with Crippen LogP contribution in [0.1, 0.15) is 23.9 Å². The monoisotopic (exact) mass is 334 g/mol. The number of aromatic nitrogens is 2. The van der Waals surface area contributed by atoms with Crippen molar-refractivity contribution < 1.29 is 0 Å². The molecule has 2 rings (SSSR count). The number of anilines is 3. The number of hydrogen-bond donors (Lipinski definition) is 2. The number of aryl methyl sites for hydroxylation is 3. The zero-order valence-electron chi connectivity index (χ0n) is 12.2. The van der Waals surface area contributed by atoms with Gasteiger partial charge in [0.05, 0.1) is 0 Å². The molecule has 20 heavy (non-hydrogen) atoms. The molecular weight excluding hydrogens is 316 g/mol. The van der Waals surface area contributed by atoms with Crippen LogP contribution in [-0.2, 0) is 6.42 Å². The van der Waals surface area contributed by atoms with Gasteiger partial charge in [-0.1, -0.05) is 22.9 Å². The fourth-order valence-corrected chi connectivity index (χ4v) is 2.77. The molecule has 4 nitrogen and oxygen atoms in total. The molecule has 0 aliphatic heterocycles. The third-order valence-electron chi connectivity index (χ3n) is 3.10. The summed E-state index contributed by atoms with van der Waals surface area (Å²) in [6.07, 6.45) is 0.808. The highest BCUT2D eigenvalue weighted by molar-refractivity contribution is 9.10. The van der Waals surface area contributed by atoms with Crippen LogP contribution in [0.3, 0.4) is 0 Å². The normalized spacial score (nSPS) is 10.4. The summed E-state index contributed by atoms with van der Waals surface area (Å²) < 4.78 is 1.09. The smallest absolute Gasteiger partial charge is 0.136 e. The second kappa shape index (κ2) is 6.22. The van der Waals surface area contributed by atoms with E-state index in [0.29, 0.717) is 0 Å². The van der Waals surface area contributed by atoms with Crippen molar-refractivity contribution in [1.29, 1.82) is 0 Å². The lowest BCUT2D eigenvalue weighted by Crippen LogP contribution is -2.04. The van der Waals surface area contributed by atoms with E-state index in [1.54, 1.807) is 0 Å². The summed E-state index contributed by atoms with van der Waals surface area (Å²) >= 11 is 3.51. The summed E-state index contributed by atoms with van der Waals surface area (Å²) in [5.41, 5.74) is 3.45. The van der Waals surface area contributed by atoms with Gasteiger partial charge in [0.15, 0.2) is 0 Å². The summed E-state index contributed by atoms with van der Waals surface area (Å²) in [5, 5.41) is 6.47. The Kier molecular flexibility index (Phi) is 4.60. The Labute approximate surface area is 128 Å². The van der Waals surface area contributed by atoms with Gasteiger partial charge in [-0.15, -0.1) is 0 Å². The van der Waals surface area contributed by atoms with Crippen LogP contribution in [0.15, 0.2) is 22.7 Å². The SMILES string of the molecule is CCc1nc(NC)cc(Nc2c(C)cc(Br)cc2C)n1. The summed E-state index contributed by atoms with van der Waals surface area (Å²) in [5.74, 6) is 2.47. The molecule has 0 unspecified atom stereocenters. The molecule has 0 radical (unpaired) electrons. The predicted octanol–water partition coefficient (Wildman–Crippen LogP) is 4.20. The Morgan fingerprint density at radius 3 is 2.20 bits per heavy atom.